The van der Waals surface area contributed by atoms with Gasteiger partial charge >= 0.3 is 0 Å². The molecule has 6 nitrogen and oxygen atoms in total. The molecule has 1 aliphatic heterocycles. The van der Waals surface area contributed by atoms with E-state index in [9.17, 15) is 5.11 Å². The fourth-order valence-electron chi connectivity index (χ4n) is 3.13. The predicted molar refractivity (Wildman–Crippen MR) is 111 cm³/mol. The van der Waals surface area contributed by atoms with Gasteiger partial charge in [-0.25, -0.2) is 0 Å². The molecule has 0 aromatic heterocycles. The van der Waals surface area contributed by atoms with Gasteiger partial charge in [0.1, 0.15) is 24.4 Å². The molecule has 28 heavy (non-hydrogen) atoms. The van der Waals surface area contributed by atoms with E-state index in [0.29, 0.717) is 33.0 Å². The largest absolute Gasteiger partial charge is 0.379 e. The second-order valence-corrected chi connectivity index (χ2v) is 7.56. The van der Waals surface area contributed by atoms with E-state index in [1.807, 2.05) is 0 Å². The molecule has 5 atom stereocenters. The fraction of sp³-hybridized carbons (Fsp3) is 1.00. The summed E-state index contributed by atoms with van der Waals surface area (Å²) in [6, 6.07) is 0. The van der Waals surface area contributed by atoms with Gasteiger partial charge < -0.3 is 28.8 Å². The van der Waals surface area contributed by atoms with Gasteiger partial charge in [-0.05, 0) is 25.7 Å². The maximum atomic E-state index is 10.6. The zero-order chi connectivity index (χ0) is 20.6. The van der Waals surface area contributed by atoms with Crippen LogP contribution in [0.3, 0.4) is 0 Å². The molecule has 1 saturated heterocycles. The molecule has 0 aromatic carbocycles. The Balaban J connectivity index is 2.84. The van der Waals surface area contributed by atoms with Gasteiger partial charge in [-0.3, -0.25) is 0 Å². The predicted octanol–water partition coefficient (Wildman–Crippen LogP) is 4.08. The zero-order valence-corrected chi connectivity index (χ0v) is 18.6. The Kier molecular flexibility index (Phi) is 15.2. The highest BCUT2D eigenvalue weighted by Crippen LogP contribution is 2.28. The second kappa shape index (κ2) is 16.5. The number of aliphatic hydroxyl groups is 1. The number of hydrogen-bond acceptors (Lipinski definition) is 6. The molecule has 0 aromatic rings. The normalized spacial score (nSPS) is 28.0. The van der Waals surface area contributed by atoms with Crippen LogP contribution in [0.2, 0.25) is 0 Å². The summed E-state index contributed by atoms with van der Waals surface area (Å²) >= 11 is 0. The Morgan fingerprint density at radius 2 is 1.11 bits per heavy atom. The molecule has 1 aliphatic rings. The lowest BCUT2D eigenvalue weighted by Gasteiger charge is -2.44. The summed E-state index contributed by atoms with van der Waals surface area (Å²) in [6.07, 6.45) is 5.53. The summed E-state index contributed by atoms with van der Waals surface area (Å²) in [7, 11) is 0. The number of aliphatic hydroxyl groups excluding tert-OH is 1. The summed E-state index contributed by atoms with van der Waals surface area (Å²) in [5, 5.41) is 10.6. The Morgan fingerprint density at radius 1 is 0.643 bits per heavy atom. The van der Waals surface area contributed by atoms with Crippen molar-refractivity contribution in [1.29, 1.82) is 0 Å². The van der Waals surface area contributed by atoms with Crippen molar-refractivity contribution in [2.45, 2.75) is 110 Å². The van der Waals surface area contributed by atoms with E-state index in [1.165, 1.54) is 0 Å². The van der Waals surface area contributed by atoms with Crippen LogP contribution in [-0.2, 0) is 23.7 Å². The first-order chi connectivity index (χ1) is 13.7. The Labute approximate surface area is 172 Å². The van der Waals surface area contributed by atoms with E-state index >= 15 is 0 Å². The molecule has 0 radical (unpaired) electrons. The van der Waals surface area contributed by atoms with E-state index in [0.717, 1.165) is 51.4 Å². The molecular weight excluding hydrogens is 360 g/mol. The SMILES string of the molecule is CCCCOCC1O[C@@H](O)C(OCCCC)C(OCCCC)[C@@H]1OCCCC. The van der Waals surface area contributed by atoms with E-state index in [4.69, 9.17) is 23.7 Å². The van der Waals surface area contributed by atoms with Crippen molar-refractivity contribution in [2.75, 3.05) is 33.0 Å². The van der Waals surface area contributed by atoms with Crippen LogP contribution in [0.4, 0.5) is 0 Å². The Bertz CT molecular complexity index is 354. The number of unbranched alkanes of at least 4 members (excludes halogenated alkanes) is 4. The lowest BCUT2D eigenvalue weighted by molar-refractivity contribution is -0.312. The molecule has 168 valence electrons. The molecule has 0 saturated carbocycles. The van der Waals surface area contributed by atoms with Crippen LogP contribution < -0.4 is 0 Å². The molecule has 3 unspecified atom stereocenters. The van der Waals surface area contributed by atoms with Crippen LogP contribution in [0.5, 0.6) is 0 Å². The van der Waals surface area contributed by atoms with Crippen LogP contribution in [-0.4, -0.2) is 68.8 Å². The lowest BCUT2D eigenvalue weighted by Crippen LogP contribution is -2.61. The van der Waals surface area contributed by atoms with Crippen molar-refractivity contribution in [1.82, 2.24) is 0 Å². The minimum atomic E-state index is -1.03. The van der Waals surface area contributed by atoms with Gasteiger partial charge in [0.15, 0.2) is 6.29 Å². The van der Waals surface area contributed by atoms with Crippen molar-refractivity contribution in [3.8, 4) is 0 Å². The first-order valence-corrected chi connectivity index (χ1v) is 11.5. The van der Waals surface area contributed by atoms with Crippen molar-refractivity contribution < 1.29 is 28.8 Å². The maximum Gasteiger partial charge on any atom is 0.184 e. The first-order valence-electron chi connectivity index (χ1n) is 11.5. The second-order valence-electron chi connectivity index (χ2n) is 7.56. The average molecular weight is 405 g/mol. The van der Waals surface area contributed by atoms with Gasteiger partial charge in [0.2, 0.25) is 0 Å². The summed E-state index contributed by atoms with van der Waals surface area (Å²) in [6.45, 7) is 11.5. The van der Waals surface area contributed by atoms with E-state index in [-0.39, 0.29) is 18.3 Å². The van der Waals surface area contributed by atoms with Gasteiger partial charge in [0.05, 0.1) is 6.61 Å². The molecule has 0 amide bonds. The van der Waals surface area contributed by atoms with Crippen molar-refractivity contribution in [3.05, 3.63) is 0 Å². The van der Waals surface area contributed by atoms with Crippen LogP contribution >= 0.6 is 0 Å². The molecule has 0 bridgehead atoms. The standard InChI is InChI=1S/C22H44O6/c1-5-9-13-24-17-18-19(25-14-10-6-2)20(26-15-11-7-3)21(22(23)28-18)27-16-12-8-4/h18-23H,5-17H2,1-4H3/t18?,19-,20?,21?,22-/m1/s1. The van der Waals surface area contributed by atoms with E-state index < -0.39 is 12.4 Å². The minimum absolute atomic E-state index is 0.306. The van der Waals surface area contributed by atoms with E-state index in [1.54, 1.807) is 0 Å². The number of ether oxygens (including phenoxy) is 5. The van der Waals surface area contributed by atoms with Crippen LogP contribution in [0.15, 0.2) is 0 Å². The van der Waals surface area contributed by atoms with Crippen molar-refractivity contribution >= 4 is 0 Å². The van der Waals surface area contributed by atoms with E-state index in [2.05, 4.69) is 27.7 Å². The highest BCUT2D eigenvalue weighted by Gasteiger charge is 2.47. The fourth-order valence-corrected chi connectivity index (χ4v) is 3.13. The molecular formula is C22H44O6. The molecule has 6 heteroatoms. The third-order valence-corrected chi connectivity index (χ3v) is 4.96. The highest BCUT2D eigenvalue weighted by atomic mass is 16.7. The van der Waals surface area contributed by atoms with Crippen molar-refractivity contribution in [3.63, 3.8) is 0 Å². The molecule has 1 heterocycles. The lowest BCUT2D eigenvalue weighted by atomic mass is 9.98. The highest BCUT2D eigenvalue weighted by molar-refractivity contribution is 4.92. The Hall–Kier alpha value is -0.240. The Morgan fingerprint density at radius 3 is 1.64 bits per heavy atom. The maximum absolute atomic E-state index is 10.6. The molecule has 1 N–H and O–H groups in total. The van der Waals surface area contributed by atoms with Crippen molar-refractivity contribution in [2.24, 2.45) is 0 Å². The molecule has 1 fully saturated rings. The quantitative estimate of drug-likeness (QED) is 0.369. The first kappa shape index (κ1) is 25.8. The molecule has 1 rings (SSSR count). The monoisotopic (exact) mass is 404 g/mol. The summed E-state index contributed by atoms with van der Waals surface area (Å²) < 4.78 is 30.1. The van der Waals surface area contributed by atoms with Crippen LogP contribution in [0.25, 0.3) is 0 Å². The minimum Gasteiger partial charge on any atom is -0.379 e. The van der Waals surface area contributed by atoms with Gasteiger partial charge in [0.25, 0.3) is 0 Å². The molecule has 0 spiro atoms. The molecule has 0 aliphatic carbocycles. The van der Waals surface area contributed by atoms with Gasteiger partial charge in [-0.1, -0.05) is 53.4 Å². The van der Waals surface area contributed by atoms with Gasteiger partial charge in [0, 0.05) is 26.4 Å². The van der Waals surface area contributed by atoms with Gasteiger partial charge in [-0.2, -0.15) is 0 Å². The average Bonchev–Trinajstić information content (AvgIpc) is 2.69. The summed E-state index contributed by atoms with van der Waals surface area (Å²) in [5.74, 6) is 0. The third-order valence-electron chi connectivity index (χ3n) is 4.96. The van der Waals surface area contributed by atoms with Crippen LogP contribution in [0, 0.1) is 0 Å². The summed E-state index contributed by atoms with van der Waals surface area (Å²) in [4.78, 5) is 0. The number of rotatable bonds is 17. The third kappa shape index (κ3) is 9.51. The zero-order valence-electron chi connectivity index (χ0n) is 18.6. The van der Waals surface area contributed by atoms with Gasteiger partial charge in [-0.15, -0.1) is 0 Å². The smallest absolute Gasteiger partial charge is 0.184 e. The topological polar surface area (TPSA) is 66.4 Å². The summed E-state index contributed by atoms with van der Waals surface area (Å²) in [5.41, 5.74) is 0. The van der Waals surface area contributed by atoms with Crippen LogP contribution in [0.1, 0.15) is 79.1 Å². The number of hydrogen-bond donors (Lipinski definition) is 1.